The maximum atomic E-state index is 12.9. The first kappa shape index (κ1) is 30.8. The van der Waals surface area contributed by atoms with Gasteiger partial charge in [0, 0.05) is 0 Å². The van der Waals surface area contributed by atoms with Crippen LogP contribution in [0.4, 0.5) is 0 Å². The van der Waals surface area contributed by atoms with E-state index in [4.69, 9.17) is 20.8 Å². The number of hydrogen-bond donors (Lipinski definition) is 4. The highest BCUT2D eigenvalue weighted by Crippen LogP contribution is 2.36. The molecule has 9 nitrogen and oxygen atoms in total. The van der Waals surface area contributed by atoms with Crippen LogP contribution in [0, 0.1) is 11.8 Å². The molecule has 0 bridgehead atoms. The van der Waals surface area contributed by atoms with E-state index in [1.54, 1.807) is 0 Å². The molecule has 10 heteroatoms. The van der Waals surface area contributed by atoms with Crippen molar-refractivity contribution in [2.45, 2.75) is 104 Å². The lowest BCUT2D eigenvalue weighted by molar-refractivity contribution is -0.132. The third-order valence-corrected chi connectivity index (χ3v) is 7.00. The molecule has 1 fully saturated rings. The van der Waals surface area contributed by atoms with Crippen molar-refractivity contribution in [2.24, 2.45) is 23.3 Å². The lowest BCUT2D eigenvalue weighted by Gasteiger charge is -2.32. The summed E-state index contributed by atoms with van der Waals surface area (Å²) >= 11 is 0. The number of carbonyl (C=O) groups is 3. The fraction of sp³-hybridized carbons (Fsp3) is 0.667. The van der Waals surface area contributed by atoms with E-state index in [1.165, 1.54) is 0 Å². The summed E-state index contributed by atoms with van der Waals surface area (Å²) in [6.07, 6.45) is 1.12. The predicted molar refractivity (Wildman–Crippen MR) is 146 cm³/mol. The number of amides is 3. The summed E-state index contributed by atoms with van der Waals surface area (Å²) in [7, 11) is -0.466. The van der Waals surface area contributed by atoms with Crippen LogP contribution in [0.2, 0.25) is 0 Å². The monoisotopic (exact) mass is 516 g/mol. The Balaban J connectivity index is 2.02. The number of primary amides is 1. The Morgan fingerprint density at radius 3 is 1.76 bits per heavy atom. The van der Waals surface area contributed by atoms with Gasteiger partial charge in [-0.3, -0.25) is 14.4 Å². The van der Waals surface area contributed by atoms with Gasteiger partial charge in [0.1, 0.15) is 12.1 Å². The van der Waals surface area contributed by atoms with Gasteiger partial charge >= 0.3 is 7.12 Å². The quantitative estimate of drug-likeness (QED) is 0.309. The van der Waals surface area contributed by atoms with Crippen LogP contribution in [0.15, 0.2) is 24.3 Å². The topological polar surface area (TPSA) is 146 Å². The van der Waals surface area contributed by atoms with Crippen LogP contribution in [0.5, 0.6) is 0 Å². The van der Waals surface area contributed by atoms with Crippen molar-refractivity contribution in [3.05, 3.63) is 29.8 Å². The zero-order valence-electron chi connectivity index (χ0n) is 23.6. The minimum atomic E-state index is -0.854. The molecule has 0 spiro atoms. The summed E-state index contributed by atoms with van der Waals surface area (Å²) in [5.74, 6) is -1.18. The van der Waals surface area contributed by atoms with Crippen LogP contribution in [-0.4, -0.2) is 54.2 Å². The molecule has 1 aliphatic rings. The van der Waals surface area contributed by atoms with Gasteiger partial charge in [0.2, 0.25) is 17.7 Å². The Morgan fingerprint density at radius 2 is 1.30 bits per heavy atom. The van der Waals surface area contributed by atoms with E-state index in [-0.39, 0.29) is 11.8 Å². The van der Waals surface area contributed by atoms with Crippen LogP contribution in [0.3, 0.4) is 0 Å². The van der Waals surface area contributed by atoms with Gasteiger partial charge in [-0.2, -0.15) is 0 Å². The molecule has 0 aromatic heterocycles. The molecule has 0 saturated carbocycles. The second kappa shape index (κ2) is 12.4. The van der Waals surface area contributed by atoms with Gasteiger partial charge in [0.25, 0.3) is 0 Å². The molecule has 1 aromatic carbocycles. The average molecular weight is 516 g/mol. The summed E-state index contributed by atoms with van der Waals surface area (Å²) in [5.41, 5.74) is 12.6. The molecule has 1 heterocycles. The first-order valence-electron chi connectivity index (χ1n) is 13.1. The van der Waals surface area contributed by atoms with Crippen molar-refractivity contribution in [3.63, 3.8) is 0 Å². The molecule has 6 N–H and O–H groups in total. The van der Waals surface area contributed by atoms with E-state index >= 15 is 0 Å². The van der Waals surface area contributed by atoms with Gasteiger partial charge in [-0.1, -0.05) is 52.0 Å². The first-order valence-corrected chi connectivity index (χ1v) is 13.1. The fourth-order valence-corrected chi connectivity index (χ4v) is 4.11. The molecule has 1 aliphatic heterocycles. The number of nitrogens with one attached hydrogen (secondary N) is 2. The van der Waals surface area contributed by atoms with Crippen LogP contribution in [0.25, 0.3) is 0 Å². The molecular formula is C27H45BN4O5. The van der Waals surface area contributed by atoms with Crippen molar-refractivity contribution >= 4 is 30.3 Å². The van der Waals surface area contributed by atoms with E-state index in [2.05, 4.69) is 10.6 Å². The van der Waals surface area contributed by atoms with E-state index in [0.29, 0.717) is 19.3 Å². The van der Waals surface area contributed by atoms with E-state index in [0.717, 1.165) is 11.0 Å². The maximum Gasteiger partial charge on any atom is 0.494 e. The van der Waals surface area contributed by atoms with E-state index in [1.807, 2.05) is 79.7 Å². The molecule has 0 unspecified atom stereocenters. The Bertz CT molecular complexity index is 933. The highest BCUT2D eigenvalue weighted by Gasteiger charge is 2.51. The number of nitrogens with two attached hydrogens (primary N) is 2. The maximum absolute atomic E-state index is 12.9. The summed E-state index contributed by atoms with van der Waals surface area (Å²) in [5, 5.41) is 5.47. The highest BCUT2D eigenvalue weighted by atomic mass is 16.7. The molecule has 3 atom stereocenters. The molecule has 2 rings (SSSR count). The molecule has 37 heavy (non-hydrogen) atoms. The summed E-state index contributed by atoms with van der Waals surface area (Å²) < 4.78 is 12.2. The number of rotatable bonds is 12. The molecule has 1 saturated heterocycles. The smallest absolute Gasteiger partial charge is 0.399 e. The summed E-state index contributed by atoms with van der Waals surface area (Å²) in [6, 6.07) is 5.15. The Morgan fingerprint density at radius 1 is 0.838 bits per heavy atom. The molecule has 0 aliphatic carbocycles. The lowest BCUT2D eigenvalue weighted by atomic mass is 9.78. The number of carbonyl (C=O) groups excluding carboxylic acids is 3. The van der Waals surface area contributed by atoms with Crippen LogP contribution < -0.4 is 27.6 Å². The predicted octanol–water partition coefficient (Wildman–Crippen LogP) is 1.40. The highest BCUT2D eigenvalue weighted by molar-refractivity contribution is 6.62. The van der Waals surface area contributed by atoms with Crippen LogP contribution in [0.1, 0.15) is 73.8 Å². The van der Waals surface area contributed by atoms with Gasteiger partial charge < -0.3 is 31.4 Å². The van der Waals surface area contributed by atoms with E-state index in [9.17, 15) is 14.4 Å². The van der Waals surface area contributed by atoms with Crippen molar-refractivity contribution in [1.29, 1.82) is 0 Å². The van der Waals surface area contributed by atoms with Crippen LogP contribution in [-0.2, 0) is 30.1 Å². The van der Waals surface area contributed by atoms with Crippen LogP contribution >= 0.6 is 0 Å². The normalized spacial score (nSPS) is 18.9. The summed E-state index contributed by atoms with van der Waals surface area (Å²) in [6.45, 7) is 15.8. The minimum absolute atomic E-state index is 0.131. The molecule has 206 valence electrons. The fourth-order valence-electron chi connectivity index (χ4n) is 4.11. The van der Waals surface area contributed by atoms with Crippen molar-refractivity contribution in [2.75, 3.05) is 0 Å². The SMILES string of the molecule is CC(C)C[C@H](NC(=O)[C@H](CC(C)C)NC(=O)[C@@H](N)Cc1ccc(B2OC(C)(C)C(C)(C)O2)cc1)C(N)=O. The second-order valence-electron chi connectivity index (χ2n) is 11.9. The van der Waals surface area contributed by atoms with Gasteiger partial charge in [0.05, 0.1) is 17.2 Å². The molecule has 0 radical (unpaired) electrons. The van der Waals surface area contributed by atoms with Gasteiger partial charge in [-0.05, 0) is 69.8 Å². The molecular weight excluding hydrogens is 471 g/mol. The Kier molecular flexibility index (Phi) is 10.3. The van der Waals surface area contributed by atoms with Gasteiger partial charge in [-0.25, -0.2) is 0 Å². The lowest BCUT2D eigenvalue weighted by Crippen LogP contribution is -2.56. The first-order chi connectivity index (χ1) is 17.0. The average Bonchev–Trinajstić information content (AvgIpc) is 2.99. The third-order valence-electron chi connectivity index (χ3n) is 7.00. The largest absolute Gasteiger partial charge is 0.494 e. The molecule has 3 amide bonds. The van der Waals surface area contributed by atoms with Gasteiger partial charge in [-0.15, -0.1) is 0 Å². The Labute approximate surface area is 221 Å². The zero-order valence-corrected chi connectivity index (χ0v) is 23.6. The van der Waals surface area contributed by atoms with Gasteiger partial charge in [0.15, 0.2) is 0 Å². The standard InChI is InChI=1S/C27H45BN4O5/c1-16(2)13-21(23(30)33)31-25(35)22(14-17(3)4)32-24(34)20(29)15-18-9-11-19(12-10-18)28-36-26(5,6)27(7,8)37-28/h9-12,16-17,20-22H,13-15,29H2,1-8H3,(H2,30,33)(H,31,35)(H,32,34)/t20-,21-,22-/m0/s1. The third kappa shape index (κ3) is 8.55. The minimum Gasteiger partial charge on any atom is -0.399 e. The van der Waals surface area contributed by atoms with E-state index < -0.39 is 54.2 Å². The molecule has 1 aromatic rings. The zero-order chi connectivity index (χ0) is 28.1. The second-order valence-corrected chi connectivity index (χ2v) is 11.9. The van der Waals surface area contributed by atoms with Crippen molar-refractivity contribution in [3.8, 4) is 0 Å². The number of benzene rings is 1. The Hall–Kier alpha value is -2.43. The summed E-state index contributed by atoms with van der Waals surface area (Å²) in [4.78, 5) is 37.7. The van der Waals surface area contributed by atoms with Crippen molar-refractivity contribution in [1.82, 2.24) is 10.6 Å². The van der Waals surface area contributed by atoms with Crippen molar-refractivity contribution < 1.29 is 23.7 Å². The number of hydrogen-bond acceptors (Lipinski definition) is 6.